The molecule has 4 fully saturated rings. The molecule has 0 aromatic heterocycles. The van der Waals surface area contributed by atoms with Gasteiger partial charge in [0.05, 0.1) is 6.42 Å². The highest BCUT2D eigenvalue weighted by Crippen LogP contribution is 2.61. The number of hydrogen-bond donors (Lipinski definition) is 2. The first-order valence-electron chi connectivity index (χ1n) is 5.99. The summed E-state index contributed by atoms with van der Waals surface area (Å²) in [6.45, 7) is 0. The normalized spacial score (nSPS) is 48.8. The second-order valence-corrected chi connectivity index (χ2v) is 6.39. The summed E-state index contributed by atoms with van der Waals surface area (Å²) in [5.74, 6) is 0.798. The summed E-state index contributed by atoms with van der Waals surface area (Å²) in [5, 5.41) is 9.02. The number of hydrogen-bond acceptors (Lipinski definition) is 2. The number of carboxylic acid groups (broad SMARTS) is 1. The minimum absolute atomic E-state index is 0. The van der Waals surface area contributed by atoms with E-state index in [-0.39, 0.29) is 23.4 Å². The van der Waals surface area contributed by atoms with Crippen molar-refractivity contribution in [3.05, 3.63) is 0 Å². The zero-order chi connectivity index (χ0) is 10.7. The fourth-order valence-corrected chi connectivity index (χ4v) is 5.05. The molecule has 4 aliphatic carbocycles. The lowest BCUT2D eigenvalue weighted by atomic mass is 9.46. The Kier molecular flexibility index (Phi) is 2.75. The van der Waals surface area contributed by atoms with Crippen LogP contribution in [-0.4, -0.2) is 16.6 Å². The molecule has 2 atom stereocenters. The molecule has 2 unspecified atom stereocenters. The molecular formula is C12H19ClNO2-. The van der Waals surface area contributed by atoms with E-state index in [1.807, 2.05) is 0 Å². The van der Waals surface area contributed by atoms with E-state index in [1.54, 1.807) is 0 Å². The summed E-state index contributed by atoms with van der Waals surface area (Å²) in [7, 11) is 0. The third kappa shape index (κ3) is 1.84. The van der Waals surface area contributed by atoms with Gasteiger partial charge in [0.15, 0.2) is 0 Å². The van der Waals surface area contributed by atoms with Crippen LogP contribution in [0.25, 0.3) is 0 Å². The van der Waals surface area contributed by atoms with E-state index in [2.05, 4.69) is 0 Å². The molecule has 0 spiro atoms. The highest BCUT2D eigenvalue weighted by Gasteiger charge is 2.56. The van der Waals surface area contributed by atoms with Crippen LogP contribution >= 0.6 is 0 Å². The molecule has 0 amide bonds. The van der Waals surface area contributed by atoms with Crippen molar-refractivity contribution in [2.75, 3.05) is 0 Å². The molecule has 0 saturated heterocycles. The van der Waals surface area contributed by atoms with E-state index in [4.69, 9.17) is 10.8 Å². The molecule has 4 aliphatic rings. The average Bonchev–Trinajstić information content (AvgIpc) is 1.94. The summed E-state index contributed by atoms with van der Waals surface area (Å²) in [6.07, 6.45) is 7.14. The van der Waals surface area contributed by atoms with Crippen molar-refractivity contribution < 1.29 is 22.3 Å². The van der Waals surface area contributed by atoms with Gasteiger partial charge in [-0.2, -0.15) is 0 Å². The summed E-state index contributed by atoms with van der Waals surface area (Å²) >= 11 is 0. The van der Waals surface area contributed by atoms with Gasteiger partial charge in [0.1, 0.15) is 0 Å². The quantitative estimate of drug-likeness (QED) is 0.639. The topological polar surface area (TPSA) is 63.3 Å². The molecule has 4 heteroatoms. The van der Waals surface area contributed by atoms with Crippen LogP contribution in [0.15, 0.2) is 0 Å². The number of nitrogens with two attached hydrogens (primary N) is 1. The number of carbonyl (C=O) groups is 1. The summed E-state index contributed by atoms with van der Waals surface area (Å²) in [6, 6.07) is 0. The Morgan fingerprint density at radius 2 is 1.81 bits per heavy atom. The van der Waals surface area contributed by atoms with Crippen molar-refractivity contribution >= 4 is 5.97 Å². The Hall–Kier alpha value is -0.280. The van der Waals surface area contributed by atoms with E-state index in [9.17, 15) is 4.79 Å². The predicted octanol–water partition coefficient (Wildman–Crippen LogP) is -1.24. The van der Waals surface area contributed by atoms with Gasteiger partial charge in [-0.25, -0.2) is 0 Å². The van der Waals surface area contributed by atoms with E-state index in [1.165, 1.54) is 6.42 Å². The van der Waals surface area contributed by atoms with Crippen LogP contribution in [0.3, 0.4) is 0 Å². The predicted molar refractivity (Wildman–Crippen MR) is 56.3 cm³/mol. The second-order valence-electron chi connectivity index (χ2n) is 6.39. The van der Waals surface area contributed by atoms with Gasteiger partial charge in [0.2, 0.25) is 0 Å². The Balaban J connectivity index is 0.000000963. The van der Waals surface area contributed by atoms with Crippen LogP contribution in [0, 0.1) is 17.3 Å². The number of halogens is 1. The van der Waals surface area contributed by atoms with Crippen LogP contribution in [0.2, 0.25) is 0 Å². The Morgan fingerprint density at radius 1 is 1.25 bits per heavy atom. The molecule has 0 radical (unpaired) electrons. The van der Waals surface area contributed by atoms with E-state index in [0.29, 0.717) is 6.42 Å². The van der Waals surface area contributed by atoms with Crippen molar-refractivity contribution in [3.63, 3.8) is 0 Å². The van der Waals surface area contributed by atoms with Gasteiger partial charge in [0.25, 0.3) is 0 Å². The molecule has 0 aromatic rings. The second kappa shape index (κ2) is 3.61. The number of carboxylic acids is 1. The van der Waals surface area contributed by atoms with Gasteiger partial charge in [-0.05, 0) is 55.8 Å². The SMILES string of the molecule is NC12CC3CC(C1)CC(CC(=O)O)(C3)C2.[Cl-]. The minimum atomic E-state index is -0.638. The first-order chi connectivity index (χ1) is 6.99. The molecule has 3 N–H and O–H groups in total. The molecule has 4 saturated carbocycles. The fourth-order valence-electron chi connectivity index (χ4n) is 5.05. The fraction of sp³-hybridized carbons (Fsp3) is 0.917. The molecule has 3 nitrogen and oxygen atoms in total. The van der Waals surface area contributed by atoms with Crippen LogP contribution < -0.4 is 18.1 Å². The van der Waals surface area contributed by atoms with Gasteiger partial charge < -0.3 is 23.2 Å². The van der Waals surface area contributed by atoms with Gasteiger partial charge in [-0.1, -0.05) is 0 Å². The van der Waals surface area contributed by atoms with Crippen molar-refractivity contribution in [2.45, 2.75) is 50.5 Å². The number of rotatable bonds is 2. The lowest BCUT2D eigenvalue weighted by Gasteiger charge is -2.60. The third-order valence-electron chi connectivity index (χ3n) is 4.75. The maximum Gasteiger partial charge on any atom is 0.303 e. The van der Waals surface area contributed by atoms with E-state index >= 15 is 0 Å². The monoisotopic (exact) mass is 244 g/mol. The molecule has 0 heterocycles. The molecule has 16 heavy (non-hydrogen) atoms. The lowest BCUT2D eigenvalue weighted by molar-refractivity contribution is -0.146. The van der Waals surface area contributed by atoms with Gasteiger partial charge in [-0.3, -0.25) is 4.79 Å². The summed E-state index contributed by atoms with van der Waals surface area (Å²) in [4.78, 5) is 10.9. The van der Waals surface area contributed by atoms with Gasteiger partial charge in [0, 0.05) is 5.54 Å². The first-order valence-corrected chi connectivity index (χ1v) is 5.99. The van der Waals surface area contributed by atoms with E-state index < -0.39 is 5.97 Å². The molecule has 92 valence electrons. The minimum Gasteiger partial charge on any atom is -1.00 e. The number of aliphatic carboxylic acids is 1. The Bertz CT molecular complexity index is 304. The maximum atomic E-state index is 10.9. The molecule has 4 rings (SSSR count). The van der Waals surface area contributed by atoms with Crippen molar-refractivity contribution in [1.29, 1.82) is 0 Å². The van der Waals surface area contributed by atoms with Crippen LogP contribution in [0.5, 0.6) is 0 Å². The lowest BCUT2D eigenvalue weighted by Crippen LogP contribution is -3.00. The van der Waals surface area contributed by atoms with Gasteiger partial charge >= 0.3 is 5.97 Å². The van der Waals surface area contributed by atoms with Crippen LogP contribution in [0.4, 0.5) is 0 Å². The zero-order valence-corrected chi connectivity index (χ0v) is 10.2. The average molecular weight is 245 g/mol. The highest BCUT2D eigenvalue weighted by atomic mass is 35.5. The van der Waals surface area contributed by atoms with Crippen LogP contribution in [0.1, 0.15) is 44.9 Å². The maximum absolute atomic E-state index is 10.9. The largest absolute Gasteiger partial charge is 1.00 e. The van der Waals surface area contributed by atoms with Crippen molar-refractivity contribution in [2.24, 2.45) is 23.0 Å². The third-order valence-corrected chi connectivity index (χ3v) is 4.75. The van der Waals surface area contributed by atoms with Crippen molar-refractivity contribution in [3.8, 4) is 0 Å². The summed E-state index contributed by atoms with van der Waals surface area (Å²) < 4.78 is 0. The molecule has 4 bridgehead atoms. The molecule has 0 aliphatic heterocycles. The molecular weight excluding hydrogens is 226 g/mol. The highest BCUT2D eigenvalue weighted by molar-refractivity contribution is 5.67. The standard InChI is InChI=1S/C12H19NO2.ClH/c13-12-4-8-1-9(5-12)3-11(2-8,7-12)6-10(14)15;/h8-9H,1-7,13H2,(H,14,15);1H/p-1. The van der Waals surface area contributed by atoms with E-state index in [0.717, 1.165) is 43.9 Å². The first kappa shape index (κ1) is 12.2. The van der Waals surface area contributed by atoms with Crippen molar-refractivity contribution in [1.82, 2.24) is 0 Å². The van der Waals surface area contributed by atoms with Crippen LogP contribution in [-0.2, 0) is 4.79 Å². The van der Waals surface area contributed by atoms with Gasteiger partial charge in [-0.15, -0.1) is 0 Å². The Morgan fingerprint density at radius 3 is 2.25 bits per heavy atom. The Labute approximate surface area is 102 Å². The molecule has 0 aromatic carbocycles. The summed E-state index contributed by atoms with van der Waals surface area (Å²) in [5.41, 5.74) is 6.43. The smallest absolute Gasteiger partial charge is 0.303 e. The zero-order valence-electron chi connectivity index (χ0n) is 9.42.